The number of nitrogens with zero attached hydrogens (tertiary/aromatic N) is 1. The molecule has 1 aromatic heterocycles. The van der Waals surface area contributed by atoms with E-state index in [0.717, 1.165) is 43.0 Å². The maximum Gasteiger partial charge on any atom is 0.0956 e. The first kappa shape index (κ1) is 17.4. The van der Waals surface area contributed by atoms with Gasteiger partial charge in [-0.15, -0.1) is 0 Å². The Morgan fingerprint density at radius 1 is 1.25 bits per heavy atom. The zero-order chi connectivity index (χ0) is 16.9. The summed E-state index contributed by atoms with van der Waals surface area (Å²) in [6.07, 6.45) is 2.00. The first-order valence-electron chi connectivity index (χ1n) is 7.97. The SMILES string of the molecule is CC(/C=C(/c1ccc(N2CCOCC2)cc1)c1ccsc1)S(N)=O. The predicted octanol–water partition coefficient (Wildman–Crippen LogP) is 3.03. The lowest BCUT2D eigenvalue weighted by atomic mass is 9.99. The largest absolute Gasteiger partial charge is 0.378 e. The van der Waals surface area contributed by atoms with Crippen molar-refractivity contribution in [3.05, 3.63) is 58.3 Å². The first-order valence-corrected chi connectivity index (χ1v) is 10.2. The monoisotopic (exact) mass is 362 g/mol. The van der Waals surface area contributed by atoms with Gasteiger partial charge in [-0.1, -0.05) is 18.2 Å². The van der Waals surface area contributed by atoms with Crippen LogP contribution in [0.15, 0.2) is 47.2 Å². The summed E-state index contributed by atoms with van der Waals surface area (Å²) in [6, 6.07) is 10.6. The van der Waals surface area contributed by atoms with Gasteiger partial charge in [-0.2, -0.15) is 11.3 Å². The summed E-state index contributed by atoms with van der Waals surface area (Å²) < 4.78 is 17.0. The molecule has 1 saturated heterocycles. The highest BCUT2D eigenvalue weighted by atomic mass is 32.2. The van der Waals surface area contributed by atoms with E-state index in [1.54, 1.807) is 11.3 Å². The quantitative estimate of drug-likeness (QED) is 0.889. The Balaban J connectivity index is 1.89. The molecule has 6 heteroatoms. The van der Waals surface area contributed by atoms with E-state index in [9.17, 15) is 4.21 Å². The Morgan fingerprint density at radius 3 is 2.54 bits per heavy atom. The molecule has 0 saturated carbocycles. The number of hydrogen-bond donors (Lipinski definition) is 1. The van der Waals surface area contributed by atoms with Crippen molar-refractivity contribution in [1.82, 2.24) is 0 Å². The smallest absolute Gasteiger partial charge is 0.0956 e. The molecule has 2 unspecified atom stereocenters. The molecule has 1 aliphatic heterocycles. The highest BCUT2D eigenvalue weighted by Gasteiger charge is 2.13. The topological polar surface area (TPSA) is 55.6 Å². The maximum absolute atomic E-state index is 11.6. The highest BCUT2D eigenvalue weighted by Crippen LogP contribution is 2.28. The summed E-state index contributed by atoms with van der Waals surface area (Å²) in [7, 11) is -1.37. The average molecular weight is 363 g/mol. The standard InChI is InChI=1S/C18H22N2O2S2/c1-14(24(19)21)12-18(16-6-11-23-13-16)15-2-4-17(5-3-15)20-7-9-22-10-8-20/h2-6,11-14H,7-10,19H2,1H3/b18-12-. The fourth-order valence-electron chi connectivity index (χ4n) is 2.75. The summed E-state index contributed by atoms with van der Waals surface area (Å²) in [4.78, 5) is 2.33. The van der Waals surface area contributed by atoms with E-state index in [-0.39, 0.29) is 5.25 Å². The van der Waals surface area contributed by atoms with Crippen molar-refractivity contribution in [1.29, 1.82) is 0 Å². The first-order chi connectivity index (χ1) is 11.6. The van der Waals surface area contributed by atoms with Crippen molar-refractivity contribution < 1.29 is 8.95 Å². The Kier molecular flexibility index (Phi) is 5.84. The van der Waals surface area contributed by atoms with Crippen molar-refractivity contribution >= 4 is 33.6 Å². The van der Waals surface area contributed by atoms with Crippen LogP contribution < -0.4 is 10.0 Å². The van der Waals surface area contributed by atoms with Gasteiger partial charge in [0.2, 0.25) is 0 Å². The Bertz CT molecular complexity index is 705. The lowest BCUT2D eigenvalue weighted by molar-refractivity contribution is 0.122. The second-order valence-corrected chi connectivity index (χ2v) is 7.95. The van der Waals surface area contributed by atoms with E-state index in [1.165, 1.54) is 5.69 Å². The molecule has 0 amide bonds. The number of rotatable bonds is 5. The third-order valence-corrected chi connectivity index (χ3v) is 5.71. The van der Waals surface area contributed by atoms with Crippen molar-refractivity contribution in [3.63, 3.8) is 0 Å². The van der Waals surface area contributed by atoms with Crippen LogP contribution in [0.3, 0.4) is 0 Å². The predicted molar refractivity (Wildman–Crippen MR) is 103 cm³/mol. The van der Waals surface area contributed by atoms with Crippen molar-refractivity contribution in [2.45, 2.75) is 12.2 Å². The minimum atomic E-state index is -1.37. The molecule has 2 atom stereocenters. The lowest BCUT2D eigenvalue weighted by Crippen LogP contribution is -2.36. The van der Waals surface area contributed by atoms with Gasteiger partial charge in [-0.25, -0.2) is 4.21 Å². The van der Waals surface area contributed by atoms with Gasteiger partial charge in [0.05, 0.1) is 29.4 Å². The molecule has 1 aliphatic rings. The molecule has 4 nitrogen and oxygen atoms in total. The number of thiophene rings is 1. The normalized spacial score (nSPS) is 18.4. The second kappa shape index (κ2) is 8.07. The van der Waals surface area contributed by atoms with Crippen molar-refractivity contribution in [2.24, 2.45) is 5.14 Å². The molecule has 1 fully saturated rings. The van der Waals surface area contributed by atoms with Crippen molar-refractivity contribution in [2.75, 3.05) is 31.2 Å². The number of ether oxygens (including phenoxy) is 1. The van der Waals surface area contributed by atoms with Crippen LogP contribution in [-0.2, 0) is 15.7 Å². The summed E-state index contributed by atoms with van der Waals surface area (Å²) in [6.45, 7) is 5.29. The Morgan fingerprint density at radius 2 is 1.96 bits per heavy atom. The molecular weight excluding hydrogens is 340 g/mol. The molecule has 24 heavy (non-hydrogen) atoms. The molecule has 0 aliphatic carbocycles. The van der Waals surface area contributed by atoms with Crippen LogP contribution in [0.1, 0.15) is 18.1 Å². The van der Waals surface area contributed by atoms with E-state index in [2.05, 4.69) is 46.0 Å². The van der Waals surface area contributed by atoms with Crippen molar-refractivity contribution in [3.8, 4) is 0 Å². The molecule has 128 valence electrons. The van der Waals surface area contributed by atoms with Crippen LogP contribution in [0.5, 0.6) is 0 Å². The summed E-state index contributed by atoms with van der Waals surface area (Å²) in [5.41, 5.74) is 4.54. The van der Waals surface area contributed by atoms with Crippen LogP contribution in [0.2, 0.25) is 0 Å². The lowest BCUT2D eigenvalue weighted by Gasteiger charge is -2.29. The molecule has 1 aromatic carbocycles. The molecule has 2 heterocycles. The van der Waals surface area contributed by atoms with Gasteiger partial charge in [0.25, 0.3) is 0 Å². The third kappa shape index (κ3) is 4.13. The Labute approximate surface area is 149 Å². The zero-order valence-electron chi connectivity index (χ0n) is 13.7. The molecular formula is C18H22N2O2S2. The van der Waals surface area contributed by atoms with Crippen LogP contribution in [0, 0.1) is 0 Å². The van der Waals surface area contributed by atoms with Gasteiger partial charge in [0, 0.05) is 18.8 Å². The number of nitrogens with two attached hydrogens (primary N) is 1. The minimum Gasteiger partial charge on any atom is -0.378 e. The minimum absolute atomic E-state index is 0.196. The van der Waals surface area contributed by atoms with Gasteiger partial charge in [0.15, 0.2) is 0 Å². The fraction of sp³-hybridized carbons (Fsp3) is 0.333. The van der Waals surface area contributed by atoms with E-state index >= 15 is 0 Å². The van der Waals surface area contributed by atoms with E-state index in [1.807, 2.05) is 13.0 Å². The second-order valence-electron chi connectivity index (χ2n) is 5.77. The summed E-state index contributed by atoms with van der Waals surface area (Å²) >= 11 is 1.65. The fourth-order valence-corrected chi connectivity index (χ4v) is 3.68. The third-order valence-electron chi connectivity index (χ3n) is 4.15. The van der Waals surface area contributed by atoms with Crippen LogP contribution in [-0.4, -0.2) is 35.8 Å². The van der Waals surface area contributed by atoms with E-state index in [4.69, 9.17) is 9.88 Å². The van der Waals surface area contributed by atoms with Gasteiger partial charge in [-0.05, 0) is 52.6 Å². The van der Waals surface area contributed by atoms with Crippen LogP contribution in [0.25, 0.3) is 5.57 Å². The average Bonchev–Trinajstić information content (AvgIpc) is 3.14. The summed E-state index contributed by atoms with van der Waals surface area (Å²) in [5.74, 6) is 0. The number of benzene rings is 1. The van der Waals surface area contributed by atoms with Gasteiger partial charge in [-0.3, -0.25) is 5.14 Å². The number of morpholine rings is 1. The zero-order valence-corrected chi connectivity index (χ0v) is 15.3. The van der Waals surface area contributed by atoms with Crippen LogP contribution in [0.4, 0.5) is 5.69 Å². The van der Waals surface area contributed by atoms with Gasteiger partial charge in [0.1, 0.15) is 0 Å². The maximum atomic E-state index is 11.6. The van der Waals surface area contributed by atoms with Gasteiger partial charge < -0.3 is 9.64 Å². The van der Waals surface area contributed by atoms with E-state index in [0.29, 0.717) is 0 Å². The molecule has 0 radical (unpaired) electrons. The number of anilines is 1. The molecule has 2 aromatic rings. The van der Waals surface area contributed by atoms with Gasteiger partial charge >= 0.3 is 0 Å². The molecule has 0 spiro atoms. The Hall–Kier alpha value is -1.47. The van der Waals surface area contributed by atoms with E-state index < -0.39 is 11.0 Å². The molecule has 3 rings (SSSR count). The summed E-state index contributed by atoms with van der Waals surface area (Å²) in [5, 5.41) is 9.51. The highest BCUT2D eigenvalue weighted by molar-refractivity contribution is 7.83. The molecule has 2 N–H and O–H groups in total. The van der Waals surface area contributed by atoms with Crippen LogP contribution >= 0.6 is 11.3 Å². The number of hydrogen-bond acceptors (Lipinski definition) is 4. The molecule has 0 bridgehead atoms.